The zero-order chi connectivity index (χ0) is 24.0. The molecule has 2 saturated carbocycles. The second-order valence-corrected chi connectivity index (χ2v) is 9.62. The van der Waals surface area contributed by atoms with Gasteiger partial charge in [-0.3, -0.25) is 9.36 Å². The van der Waals surface area contributed by atoms with E-state index >= 15 is 0 Å². The highest BCUT2D eigenvalue weighted by molar-refractivity contribution is 5.83. The fraction of sp³-hybridized carbons (Fsp3) is 0.652. The van der Waals surface area contributed by atoms with Gasteiger partial charge >= 0.3 is 0 Å². The molecule has 2 aromatic heterocycles. The SMILES string of the molecule is CC[C@H]1CCCC(O)(C#Cc2nc(N)c3ncn(C4O[C@H](C(=O)NC5CC5)[C@H](O)[C@@H]4O)c3n2)C1. The van der Waals surface area contributed by atoms with Crippen molar-refractivity contribution < 1.29 is 24.9 Å². The number of hydrogen-bond acceptors (Lipinski definition) is 9. The molecular formula is C23H30N6O5. The van der Waals surface area contributed by atoms with Crippen LogP contribution < -0.4 is 11.1 Å². The van der Waals surface area contributed by atoms with Crippen molar-refractivity contribution >= 4 is 22.9 Å². The highest BCUT2D eigenvalue weighted by Crippen LogP contribution is 2.34. The van der Waals surface area contributed by atoms with E-state index in [1.165, 1.54) is 10.9 Å². The van der Waals surface area contributed by atoms with Crippen molar-refractivity contribution in [1.29, 1.82) is 0 Å². The number of nitrogens with one attached hydrogen (secondary N) is 1. The van der Waals surface area contributed by atoms with E-state index in [0.29, 0.717) is 18.8 Å². The summed E-state index contributed by atoms with van der Waals surface area (Å²) in [6.07, 6.45) is 2.23. The number of hydrogen-bond donors (Lipinski definition) is 5. The molecule has 11 nitrogen and oxygen atoms in total. The molecule has 2 aromatic rings. The van der Waals surface area contributed by atoms with Crippen molar-refractivity contribution in [2.45, 2.75) is 88.1 Å². The van der Waals surface area contributed by atoms with Crippen molar-refractivity contribution in [3.05, 3.63) is 12.2 Å². The Morgan fingerprint density at radius 1 is 1.32 bits per heavy atom. The number of aliphatic hydroxyl groups is 3. The van der Waals surface area contributed by atoms with Gasteiger partial charge in [0.25, 0.3) is 5.91 Å². The molecule has 5 rings (SSSR count). The largest absolute Gasteiger partial charge is 0.387 e. The standard InChI is InChI=1S/C23H30N6O5/c1-2-12-4-3-8-23(33,10-12)9-7-14-27-19(24)15-20(28-14)29(11-25-15)22-17(31)16(30)18(34-22)21(32)26-13-5-6-13/h11-13,16-18,22,30-31,33H,2-6,8,10H2,1H3,(H,26,32)(H2,24,27,28)/t12-,16+,17-,18-,22?,23?/m0/s1. The Labute approximate surface area is 196 Å². The summed E-state index contributed by atoms with van der Waals surface area (Å²) in [5.41, 5.74) is 5.52. The number of anilines is 1. The maximum Gasteiger partial charge on any atom is 0.252 e. The van der Waals surface area contributed by atoms with Crippen LogP contribution in [0.4, 0.5) is 5.82 Å². The molecule has 3 aliphatic rings. The minimum Gasteiger partial charge on any atom is -0.387 e. The maximum atomic E-state index is 12.4. The Balaban J connectivity index is 1.42. The Morgan fingerprint density at radius 3 is 2.85 bits per heavy atom. The van der Waals surface area contributed by atoms with Gasteiger partial charge in [0.15, 0.2) is 23.8 Å². The maximum absolute atomic E-state index is 12.4. The van der Waals surface area contributed by atoms with Crippen molar-refractivity contribution in [1.82, 2.24) is 24.8 Å². The molecule has 11 heteroatoms. The number of carbonyl (C=O) groups excluding carboxylic acids is 1. The molecule has 1 saturated heterocycles. The molecule has 0 aromatic carbocycles. The summed E-state index contributed by atoms with van der Waals surface area (Å²) in [7, 11) is 0. The molecule has 3 heterocycles. The van der Waals surface area contributed by atoms with Crippen LogP contribution in [0, 0.1) is 17.8 Å². The normalized spacial score (nSPS) is 33.5. The van der Waals surface area contributed by atoms with Gasteiger partial charge in [0.2, 0.25) is 5.82 Å². The number of aliphatic hydroxyl groups excluding tert-OH is 2. The molecule has 182 valence electrons. The van der Waals surface area contributed by atoms with E-state index in [1.54, 1.807) is 0 Å². The number of fused-ring (bicyclic) bond motifs is 1. The second kappa shape index (κ2) is 8.78. The van der Waals surface area contributed by atoms with Gasteiger partial charge in [-0.25, -0.2) is 15.0 Å². The van der Waals surface area contributed by atoms with Crippen LogP contribution in [-0.2, 0) is 9.53 Å². The van der Waals surface area contributed by atoms with Gasteiger partial charge in [0, 0.05) is 6.04 Å². The van der Waals surface area contributed by atoms with Gasteiger partial charge in [-0.05, 0) is 43.9 Å². The Morgan fingerprint density at radius 2 is 2.12 bits per heavy atom. The molecule has 6 N–H and O–H groups in total. The Hall–Kier alpha value is -2.78. The van der Waals surface area contributed by atoms with E-state index in [2.05, 4.69) is 39.0 Å². The van der Waals surface area contributed by atoms with Crippen LogP contribution in [0.5, 0.6) is 0 Å². The third-order valence-corrected chi connectivity index (χ3v) is 6.96. The van der Waals surface area contributed by atoms with Gasteiger partial charge in [0.05, 0.1) is 6.33 Å². The van der Waals surface area contributed by atoms with Gasteiger partial charge in [-0.15, -0.1) is 0 Å². The highest BCUT2D eigenvalue weighted by Gasteiger charge is 2.48. The Bertz CT molecular complexity index is 1150. The molecule has 34 heavy (non-hydrogen) atoms. The van der Waals surface area contributed by atoms with Crippen LogP contribution in [0.2, 0.25) is 0 Å². The predicted molar refractivity (Wildman–Crippen MR) is 121 cm³/mol. The fourth-order valence-electron chi connectivity index (χ4n) is 4.80. The second-order valence-electron chi connectivity index (χ2n) is 9.62. The molecular weight excluding hydrogens is 440 g/mol. The molecule has 0 spiro atoms. The summed E-state index contributed by atoms with van der Waals surface area (Å²) in [6.45, 7) is 2.11. The first-order valence-corrected chi connectivity index (χ1v) is 11.9. The summed E-state index contributed by atoms with van der Waals surface area (Å²) in [5, 5.41) is 34.7. The summed E-state index contributed by atoms with van der Waals surface area (Å²) in [4.78, 5) is 25.3. The van der Waals surface area contributed by atoms with Gasteiger partial charge in [0.1, 0.15) is 23.3 Å². The third kappa shape index (κ3) is 4.34. The van der Waals surface area contributed by atoms with Crippen molar-refractivity contribution in [3.8, 4) is 11.8 Å². The number of aromatic nitrogens is 4. The summed E-state index contributed by atoms with van der Waals surface area (Å²) in [6, 6.07) is 0.0915. The van der Waals surface area contributed by atoms with Gasteiger partial charge in [-0.1, -0.05) is 25.7 Å². The minimum atomic E-state index is -1.41. The molecule has 6 atom stereocenters. The van der Waals surface area contributed by atoms with Gasteiger partial charge < -0.3 is 31.1 Å². The third-order valence-electron chi connectivity index (χ3n) is 6.96. The number of ether oxygens (including phenoxy) is 1. The molecule has 2 unspecified atom stereocenters. The summed E-state index contributed by atoms with van der Waals surface area (Å²) in [5.74, 6) is 5.95. The number of rotatable bonds is 4. The lowest BCUT2D eigenvalue weighted by Crippen LogP contribution is -2.43. The predicted octanol–water partition coefficient (Wildman–Crippen LogP) is -0.0109. The molecule has 2 aliphatic carbocycles. The zero-order valence-corrected chi connectivity index (χ0v) is 19.0. The van der Waals surface area contributed by atoms with E-state index in [0.717, 1.165) is 32.1 Å². The number of imidazole rings is 1. The molecule has 0 bridgehead atoms. The van der Waals surface area contributed by atoms with Crippen molar-refractivity contribution in [2.24, 2.45) is 5.92 Å². The fourth-order valence-corrected chi connectivity index (χ4v) is 4.80. The molecule has 0 radical (unpaired) electrons. The van der Waals surface area contributed by atoms with E-state index in [-0.39, 0.29) is 28.8 Å². The number of nitrogens with two attached hydrogens (primary N) is 1. The van der Waals surface area contributed by atoms with Crippen LogP contribution in [0.1, 0.15) is 63.9 Å². The first-order valence-electron chi connectivity index (χ1n) is 11.9. The van der Waals surface area contributed by atoms with Crippen LogP contribution in [0.15, 0.2) is 6.33 Å². The number of nitrogen functional groups attached to an aromatic ring is 1. The van der Waals surface area contributed by atoms with Crippen LogP contribution >= 0.6 is 0 Å². The lowest BCUT2D eigenvalue weighted by Gasteiger charge is -2.32. The van der Waals surface area contributed by atoms with Crippen LogP contribution in [0.3, 0.4) is 0 Å². The number of nitrogens with zero attached hydrogens (tertiary/aromatic N) is 4. The Kier molecular flexibility index (Phi) is 5.93. The number of amides is 1. The summed E-state index contributed by atoms with van der Waals surface area (Å²) < 4.78 is 7.15. The first kappa shape index (κ1) is 23.0. The quantitative estimate of drug-likeness (QED) is 0.386. The van der Waals surface area contributed by atoms with Gasteiger partial charge in [-0.2, -0.15) is 0 Å². The average Bonchev–Trinajstić information content (AvgIpc) is 3.45. The smallest absolute Gasteiger partial charge is 0.252 e. The average molecular weight is 471 g/mol. The first-order chi connectivity index (χ1) is 16.3. The molecule has 1 aliphatic heterocycles. The zero-order valence-electron chi connectivity index (χ0n) is 19.0. The van der Waals surface area contributed by atoms with Crippen molar-refractivity contribution in [2.75, 3.05) is 5.73 Å². The lowest BCUT2D eigenvalue weighted by molar-refractivity contribution is -0.137. The van der Waals surface area contributed by atoms with E-state index in [4.69, 9.17) is 10.5 Å². The lowest BCUT2D eigenvalue weighted by atomic mass is 9.77. The van der Waals surface area contributed by atoms with E-state index in [1.807, 2.05) is 0 Å². The highest BCUT2D eigenvalue weighted by atomic mass is 16.6. The van der Waals surface area contributed by atoms with E-state index in [9.17, 15) is 20.1 Å². The molecule has 3 fully saturated rings. The summed E-state index contributed by atoms with van der Waals surface area (Å²) >= 11 is 0. The monoisotopic (exact) mass is 470 g/mol. The topological polar surface area (TPSA) is 169 Å². The van der Waals surface area contributed by atoms with Crippen LogP contribution in [0.25, 0.3) is 11.2 Å². The molecule has 1 amide bonds. The number of carbonyl (C=O) groups is 1. The van der Waals surface area contributed by atoms with E-state index < -0.39 is 36.0 Å². The van der Waals surface area contributed by atoms with Crippen molar-refractivity contribution in [3.63, 3.8) is 0 Å². The van der Waals surface area contributed by atoms with Crippen LogP contribution in [-0.4, -0.2) is 70.7 Å². The minimum absolute atomic E-state index is 0.0891.